The van der Waals surface area contributed by atoms with Crippen LogP contribution in [0.5, 0.6) is 0 Å². The van der Waals surface area contributed by atoms with Gasteiger partial charge in [-0.05, 0) is 44.9 Å². The summed E-state index contributed by atoms with van der Waals surface area (Å²) in [6.45, 7) is 4.66. The number of carbonyl (C=O) groups is 1. The Morgan fingerprint density at radius 3 is 2.89 bits per heavy atom. The minimum atomic E-state index is -0.424. The molecule has 0 aromatic heterocycles. The third-order valence-corrected chi connectivity index (χ3v) is 3.58. The lowest BCUT2D eigenvalue weighted by Crippen LogP contribution is -2.45. The number of hydrogen-bond acceptors (Lipinski definition) is 3. The van der Waals surface area contributed by atoms with Crippen LogP contribution >= 0.6 is 12.6 Å². The SMILES string of the molecule is CC1(C)CC(NC(=O)c2ccc(F)c(S)c2)CCO1. The number of nitrogens with one attached hydrogen (secondary N) is 1. The summed E-state index contributed by atoms with van der Waals surface area (Å²) in [4.78, 5) is 12.3. The van der Waals surface area contributed by atoms with E-state index in [9.17, 15) is 9.18 Å². The summed E-state index contributed by atoms with van der Waals surface area (Å²) >= 11 is 3.98. The molecule has 1 aliphatic heterocycles. The molecule has 0 bridgehead atoms. The molecule has 5 heteroatoms. The van der Waals surface area contributed by atoms with Crippen LogP contribution in [0.25, 0.3) is 0 Å². The summed E-state index contributed by atoms with van der Waals surface area (Å²) in [5, 5.41) is 2.96. The lowest BCUT2D eigenvalue weighted by Gasteiger charge is -2.35. The van der Waals surface area contributed by atoms with Crippen molar-refractivity contribution in [1.82, 2.24) is 5.32 Å². The van der Waals surface area contributed by atoms with Gasteiger partial charge >= 0.3 is 0 Å². The summed E-state index contributed by atoms with van der Waals surface area (Å²) in [6.07, 6.45) is 1.57. The molecule has 1 aromatic carbocycles. The third kappa shape index (κ3) is 3.70. The van der Waals surface area contributed by atoms with Crippen LogP contribution in [-0.4, -0.2) is 24.2 Å². The molecule has 1 heterocycles. The van der Waals surface area contributed by atoms with Gasteiger partial charge in [0.15, 0.2) is 0 Å². The van der Waals surface area contributed by atoms with E-state index in [1.54, 1.807) is 0 Å². The second-order valence-electron chi connectivity index (χ2n) is 5.44. The van der Waals surface area contributed by atoms with Crippen molar-refractivity contribution in [2.24, 2.45) is 0 Å². The number of hydrogen-bond donors (Lipinski definition) is 2. The van der Waals surface area contributed by atoms with Gasteiger partial charge in [0.2, 0.25) is 0 Å². The zero-order valence-electron chi connectivity index (χ0n) is 11.1. The number of rotatable bonds is 2. The highest BCUT2D eigenvalue weighted by molar-refractivity contribution is 7.80. The van der Waals surface area contributed by atoms with E-state index in [1.807, 2.05) is 13.8 Å². The smallest absolute Gasteiger partial charge is 0.251 e. The van der Waals surface area contributed by atoms with E-state index >= 15 is 0 Å². The minimum Gasteiger partial charge on any atom is -0.375 e. The van der Waals surface area contributed by atoms with Crippen LogP contribution in [0, 0.1) is 5.82 Å². The molecule has 1 aromatic rings. The summed E-state index contributed by atoms with van der Waals surface area (Å²) in [6, 6.07) is 4.25. The van der Waals surface area contributed by atoms with E-state index in [0.29, 0.717) is 12.2 Å². The molecule has 104 valence electrons. The van der Waals surface area contributed by atoms with Gasteiger partial charge in [-0.15, -0.1) is 12.6 Å². The van der Waals surface area contributed by atoms with Gasteiger partial charge in [0.1, 0.15) is 5.82 Å². The van der Waals surface area contributed by atoms with Crippen molar-refractivity contribution in [2.75, 3.05) is 6.61 Å². The molecule has 1 aliphatic rings. The Bertz CT molecular complexity index is 490. The first kappa shape index (κ1) is 14.3. The van der Waals surface area contributed by atoms with Crippen LogP contribution < -0.4 is 5.32 Å². The molecular formula is C14H18FNO2S. The van der Waals surface area contributed by atoms with E-state index in [4.69, 9.17) is 4.74 Å². The number of amides is 1. The molecule has 0 saturated carbocycles. The van der Waals surface area contributed by atoms with E-state index in [-0.39, 0.29) is 22.4 Å². The van der Waals surface area contributed by atoms with E-state index in [1.165, 1.54) is 18.2 Å². The number of thiol groups is 1. The van der Waals surface area contributed by atoms with Crippen LogP contribution in [0.3, 0.4) is 0 Å². The molecule has 1 N–H and O–H groups in total. The Labute approximate surface area is 117 Å². The first-order chi connectivity index (χ1) is 8.87. The van der Waals surface area contributed by atoms with E-state index < -0.39 is 5.82 Å². The maximum Gasteiger partial charge on any atom is 0.251 e. The van der Waals surface area contributed by atoms with Gasteiger partial charge in [0.05, 0.1) is 5.60 Å². The highest BCUT2D eigenvalue weighted by atomic mass is 32.1. The van der Waals surface area contributed by atoms with Crippen molar-refractivity contribution in [3.63, 3.8) is 0 Å². The van der Waals surface area contributed by atoms with Crippen molar-refractivity contribution < 1.29 is 13.9 Å². The van der Waals surface area contributed by atoms with Crippen LogP contribution in [0.4, 0.5) is 4.39 Å². The fourth-order valence-electron chi connectivity index (χ4n) is 2.28. The van der Waals surface area contributed by atoms with Crippen LogP contribution in [-0.2, 0) is 4.74 Å². The fourth-order valence-corrected chi connectivity index (χ4v) is 2.49. The maximum atomic E-state index is 13.1. The number of ether oxygens (including phenoxy) is 1. The van der Waals surface area contributed by atoms with E-state index in [2.05, 4.69) is 17.9 Å². The number of benzene rings is 1. The zero-order valence-corrected chi connectivity index (χ0v) is 12.0. The Morgan fingerprint density at radius 1 is 1.53 bits per heavy atom. The van der Waals surface area contributed by atoms with Crippen molar-refractivity contribution in [3.8, 4) is 0 Å². The molecule has 0 radical (unpaired) electrons. The van der Waals surface area contributed by atoms with Gasteiger partial charge < -0.3 is 10.1 Å². The van der Waals surface area contributed by atoms with E-state index in [0.717, 1.165) is 12.8 Å². The van der Waals surface area contributed by atoms with Gasteiger partial charge in [-0.1, -0.05) is 0 Å². The van der Waals surface area contributed by atoms with Crippen molar-refractivity contribution in [1.29, 1.82) is 0 Å². The highest BCUT2D eigenvalue weighted by Crippen LogP contribution is 2.24. The standard InChI is InChI=1S/C14H18FNO2S/c1-14(2)8-10(5-6-18-14)16-13(17)9-3-4-11(15)12(19)7-9/h3-4,7,10,19H,5-6,8H2,1-2H3,(H,16,17). The average Bonchev–Trinajstić information content (AvgIpc) is 2.31. The van der Waals surface area contributed by atoms with Crippen LogP contribution in [0.2, 0.25) is 0 Å². The molecule has 1 atom stereocenters. The summed E-state index contributed by atoms with van der Waals surface area (Å²) in [5.74, 6) is -0.620. The van der Waals surface area contributed by atoms with Crippen molar-refractivity contribution >= 4 is 18.5 Å². The summed E-state index contributed by atoms with van der Waals surface area (Å²) in [5.41, 5.74) is 0.212. The molecule has 0 spiro atoms. The predicted octanol–water partition coefficient (Wildman–Crippen LogP) is 2.80. The van der Waals surface area contributed by atoms with Gasteiger partial charge in [-0.2, -0.15) is 0 Å². The zero-order chi connectivity index (χ0) is 14.0. The molecule has 19 heavy (non-hydrogen) atoms. The first-order valence-corrected chi connectivity index (χ1v) is 6.75. The molecule has 0 aliphatic carbocycles. The Morgan fingerprint density at radius 2 is 2.26 bits per heavy atom. The molecular weight excluding hydrogens is 265 g/mol. The Hall–Kier alpha value is -1.07. The fraction of sp³-hybridized carbons (Fsp3) is 0.500. The second-order valence-corrected chi connectivity index (χ2v) is 5.92. The monoisotopic (exact) mass is 283 g/mol. The maximum absolute atomic E-state index is 13.1. The molecule has 1 saturated heterocycles. The molecule has 1 fully saturated rings. The quantitative estimate of drug-likeness (QED) is 0.819. The topological polar surface area (TPSA) is 38.3 Å². The average molecular weight is 283 g/mol. The minimum absolute atomic E-state index is 0.0877. The summed E-state index contributed by atoms with van der Waals surface area (Å²) in [7, 11) is 0. The highest BCUT2D eigenvalue weighted by Gasteiger charge is 2.29. The second kappa shape index (κ2) is 5.51. The normalized spacial score (nSPS) is 22.0. The molecule has 3 nitrogen and oxygen atoms in total. The largest absolute Gasteiger partial charge is 0.375 e. The Balaban J connectivity index is 2.02. The molecule has 1 unspecified atom stereocenters. The molecule has 1 amide bonds. The lowest BCUT2D eigenvalue weighted by molar-refractivity contribution is -0.0615. The molecule has 2 rings (SSSR count). The Kier molecular flexibility index (Phi) is 4.16. The van der Waals surface area contributed by atoms with Gasteiger partial charge in [0.25, 0.3) is 5.91 Å². The predicted molar refractivity (Wildman–Crippen MR) is 74.2 cm³/mol. The lowest BCUT2D eigenvalue weighted by atomic mass is 9.94. The number of carbonyl (C=O) groups excluding carboxylic acids is 1. The van der Waals surface area contributed by atoms with Crippen molar-refractivity contribution in [2.45, 2.75) is 43.2 Å². The van der Waals surface area contributed by atoms with Crippen LogP contribution in [0.15, 0.2) is 23.1 Å². The first-order valence-electron chi connectivity index (χ1n) is 6.31. The van der Waals surface area contributed by atoms with Gasteiger partial charge in [-0.3, -0.25) is 4.79 Å². The number of halogens is 1. The van der Waals surface area contributed by atoms with Gasteiger partial charge in [0, 0.05) is 23.1 Å². The van der Waals surface area contributed by atoms with Crippen LogP contribution in [0.1, 0.15) is 37.0 Å². The third-order valence-electron chi connectivity index (χ3n) is 3.24. The van der Waals surface area contributed by atoms with Crippen molar-refractivity contribution in [3.05, 3.63) is 29.6 Å². The summed E-state index contributed by atoms with van der Waals surface area (Å²) < 4.78 is 18.7. The van der Waals surface area contributed by atoms with Gasteiger partial charge in [-0.25, -0.2) is 4.39 Å².